The Morgan fingerprint density at radius 2 is 1.71 bits per heavy atom. The minimum Gasteiger partial charge on any atom is -0.467 e. The van der Waals surface area contributed by atoms with E-state index in [4.69, 9.17) is 10.5 Å². The molecule has 0 bridgehead atoms. The molecule has 0 aliphatic carbocycles. The van der Waals surface area contributed by atoms with Gasteiger partial charge in [-0.2, -0.15) is 0 Å². The van der Waals surface area contributed by atoms with Crippen molar-refractivity contribution in [2.24, 2.45) is 5.73 Å². The molecule has 1 amide bonds. The normalized spacial score (nSPS) is 13.3. The molecule has 2 aromatic heterocycles. The van der Waals surface area contributed by atoms with E-state index in [0.29, 0.717) is 17.4 Å². The number of methoxy groups -OCH3 is 1. The van der Waals surface area contributed by atoms with Gasteiger partial charge < -0.3 is 25.8 Å². The summed E-state index contributed by atoms with van der Waals surface area (Å²) in [6.07, 6.45) is 3.97. The van der Waals surface area contributed by atoms with Gasteiger partial charge >= 0.3 is 5.97 Å². The average Bonchev–Trinajstić information content (AvgIpc) is 3.36. The van der Waals surface area contributed by atoms with Crippen LogP contribution in [0.4, 0.5) is 4.39 Å². The Kier molecular flexibility index (Phi) is 5.73. The number of aromatic amines is 2. The van der Waals surface area contributed by atoms with E-state index in [2.05, 4.69) is 15.3 Å². The number of halogens is 1. The zero-order valence-electron chi connectivity index (χ0n) is 16.9. The minimum atomic E-state index is -0.950. The van der Waals surface area contributed by atoms with Crippen molar-refractivity contribution in [1.82, 2.24) is 15.3 Å². The van der Waals surface area contributed by atoms with E-state index in [-0.39, 0.29) is 12.2 Å². The van der Waals surface area contributed by atoms with Crippen molar-refractivity contribution in [2.75, 3.05) is 7.11 Å². The molecule has 0 aliphatic heterocycles. The first kappa shape index (κ1) is 20.6. The molecule has 4 rings (SSSR count). The van der Waals surface area contributed by atoms with Crippen LogP contribution in [0.1, 0.15) is 11.1 Å². The molecule has 0 saturated carbocycles. The van der Waals surface area contributed by atoms with Gasteiger partial charge in [0.15, 0.2) is 0 Å². The third-order valence-corrected chi connectivity index (χ3v) is 5.41. The Hall–Kier alpha value is -3.65. The molecule has 2 heterocycles. The van der Waals surface area contributed by atoms with Crippen LogP contribution >= 0.6 is 0 Å². The highest BCUT2D eigenvalue weighted by atomic mass is 19.1. The zero-order valence-corrected chi connectivity index (χ0v) is 16.9. The number of benzene rings is 2. The lowest BCUT2D eigenvalue weighted by atomic mass is 10.0. The van der Waals surface area contributed by atoms with Crippen LogP contribution < -0.4 is 11.1 Å². The predicted molar refractivity (Wildman–Crippen MR) is 116 cm³/mol. The van der Waals surface area contributed by atoms with Gasteiger partial charge in [-0.1, -0.05) is 18.2 Å². The standard InChI is InChI=1S/C23H23FN4O3/c1-31-23(30)21(9-14-12-27-20-7-6-15(24)10-17(14)20)28-22(29)18(25)8-13-11-26-19-5-3-2-4-16(13)19/h2-7,10-12,18,21,26-27H,8-9,25H2,1H3,(H,28,29). The maximum absolute atomic E-state index is 13.7. The van der Waals surface area contributed by atoms with Gasteiger partial charge in [0.25, 0.3) is 0 Å². The van der Waals surface area contributed by atoms with Gasteiger partial charge in [0, 0.05) is 40.6 Å². The van der Waals surface area contributed by atoms with Crippen molar-refractivity contribution in [1.29, 1.82) is 0 Å². The summed E-state index contributed by atoms with van der Waals surface area (Å²) in [6, 6.07) is 10.3. The molecule has 4 aromatic rings. The molecule has 2 aromatic carbocycles. The number of hydrogen-bond acceptors (Lipinski definition) is 4. The van der Waals surface area contributed by atoms with Crippen molar-refractivity contribution in [3.8, 4) is 0 Å². The summed E-state index contributed by atoms with van der Waals surface area (Å²) >= 11 is 0. The topological polar surface area (TPSA) is 113 Å². The summed E-state index contributed by atoms with van der Waals surface area (Å²) in [5, 5.41) is 4.33. The molecule has 2 unspecified atom stereocenters. The smallest absolute Gasteiger partial charge is 0.328 e. The molecule has 160 valence electrons. The first-order chi connectivity index (χ1) is 15.0. The van der Waals surface area contributed by atoms with Gasteiger partial charge in [0.1, 0.15) is 11.9 Å². The zero-order chi connectivity index (χ0) is 22.0. The number of rotatable bonds is 7. The monoisotopic (exact) mass is 422 g/mol. The number of esters is 1. The van der Waals surface area contributed by atoms with Gasteiger partial charge in [-0.3, -0.25) is 4.79 Å². The molecular weight excluding hydrogens is 399 g/mol. The molecule has 2 atom stereocenters. The first-order valence-corrected chi connectivity index (χ1v) is 9.90. The van der Waals surface area contributed by atoms with Crippen LogP contribution in [0.25, 0.3) is 21.8 Å². The second-order valence-corrected chi connectivity index (χ2v) is 7.46. The molecule has 8 heteroatoms. The highest BCUT2D eigenvalue weighted by Crippen LogP contribution is 2.22. The Morgan fingerprint density at radius 3 is 2.45 bits per heavy atom. The highest BCUT2D eigenvalue weighted by molar-refractivity contribution is 5.90. The number of para-hydroxylation sites is 1. The lowest BCUT2D eigenvalue weighted by Crippen LogP contribution is -2.50. The van der Waals surface area contributed by atoms with E-state index in [0.717, 1.165) is 22.0 Å². The number of hydrogen-bond donors (Lipinski definition) is 4. The van der Waals surface area contributed by atoms with Gasteiger partial charge in [0.05, 0.1) is 13.2 Å². The molecule has 0 spiro atoms. The maximum Gasteiger partial charge on any atom is 0.328 e. The number of aromatic nitrogens is 2. The second-order valence-electron chi connectivity index (χ2n) is 7.46. The van der Waals surface area contributed by atoms with E-state index < -0.39 is 24.0 Å². The Bertz CT molecular complexity index is 1250. The van der Waals surface area contributed by atoms with E-state index in [9.17, 15) is 14.0 Å². The largest absolute Gasteiger partial charge is 0.467 e. The fourth-order valence-electron chi connectivity index (χ4n) is 3.78. The van der Waals surface area contributed by atoms with Crippen LogP contribution in [0.2, 0.25) is 0 Å². The van der Waals surface area contributed by atoms with Crippen LogP contribution in [0.3, 0.4) is 0 Å². The number of nitrogens with one attached hydrogen (secondary N) is 3. The summed E-state index contributed by atoms with van der Waals surface area (Å²) in [5.74, 6) is -1.45. The van der Waals surface area contributed by atoms with Crippen LogP contribution in [-0.2, 0) is 27.2 Å². The molecule has 0 aliphatic rings. The van der Waals surface area contributed by atoms with Crippen molar-refractivity contribution >= 4 is 33.7 Å². The van der Waals surface area contributed by atoms with E-state index in [1.807, 2.05) is 30.5 Å². The van der Waals surface area contributed by atoms with Crippen LogP contribution in [0, 0.1) is 5.82 Å². The molecule has 0 saturated heterocycles. The fraction of sp³-hybridized carbons (Fsp3) is 0.217. The van der Waals surface area contributed by atoms with Crippen LogP contribution in [-0.4, -0.2) is 41.0 Å². The SMILES string of the molecule is COC(=O)C(Cc1c[nH]c2ccc(F)cc12)NC(=O)C(N)Cc1c[nH]c2ccccc12. The number of H-pyrrole nitrogens is 2. The summed E-state index contributed by atoms with van der Waals surface area (Å²) in [7, 11) is 1.25. The average molecular weight is 422 g/mol. The summed E-state index contributed by atoms with van der Waals surface area (Å²) < 4.78 is 18.5. The molecule has 0 fully saturated rings. The van der Waals surface area contributed by atoms with Gasteiger partial charge in [-0.25, -0.2) is 9.18 Å². The highest BCUT2D eigenvalue weighted by Gasteiger charge is 2.26. The van der Waals surface area contributed by atoms with E-state index in [1.54, 1.807) is 12.3 Å². The number of nitrogens with two attached hydrogens (primary N) is 1. The van der Waals surface area contributed by atoms with Crippen LogP contribution in [0.15, 0.2) is 54.9 Å². The van der Waals surface area contributed by atoms with E-state index in [1.165, 1.54) is 19.2 Å². The molecule has 7 nitrogen and oxygen atoms in total. The number of ether oxygens (including phenoxy) is 1. The second kappa shape index (κ2) is 8.61. The van der Waals surface area contributed by atoms with Crippen molar-refractivity contribution in [3.05, 3.63) is 71.8 Å². The van der Waals surface area contributed by atoms with Crippen molar-refractivity contribution in [3.63, 3.8) is 0 Å². The maximum atomic E-state index is 13.7. The summed E-state index contributed by atoms with van der Waals surface area (Å²) in [6.45, 7) is 0. The predicted octanol–water partition coefficient (Wildman–Crippen LogP) is 2.56. The van der Waals surface area contributed by atoms with Gasteiger partial charge in [0.2, 0.25) is 5.91 Å². The lowest BCUT2D eigenvalue weighted by molar-refractivity contribution is -0.145. The number of carbonyl (C=O) groups excluding carboxylic acids is 2. The summed E-state index contributed by atoms with van der Waals surface area (Å²) in [5.41, 5.74) is 9.45. The molecule has 0 radical (unpaired) electrons. The van der Waals surface area contributed by atoms with Gasteiger partial charge in [-0.15, -0.1) is 0 Å². The fourth-order valence-corrected chi connectivity index (χ4v) is 3.78. The van der Waals surface area contributed by atoms with Crippen molar-refractivity contribution in [2.45, 2.75) is 24.9 Å². The molecule has 31 heavy (non-hydrogen) atoms. The number of amides is 1. The number of fused-ring (bicyclic) bond motifs is 2. The molecule has 5 N–H and O–H groups in total. The Balaban J connectivity index is 1.49. The third kappa shape index (κ3) is 4.29. The Labute approximate surface area is 177 Å². The van der Waals surface area contributed by atoms with Crippen LogP contribution in [0.5, 0.6) is 0 Å². The van der Waals surface area contributed by atoms with E-state index >= 15 is 0 Å². The quantitative estimate of drug-likeness (QED) is 0.343. The van der Waals surface area contributed by atoms with Crippen molar-refractivity contribution < 1.29 is 18.7 Å². The van der Waals surface area contributed by atoms with Gasteiger partial charge in [-0.05, 0) is 41.8 Å². The number of carbonyl (C=O) groups is 2. The molecular formula is C23H23FN4O3. The summed E-state index contributed by atoms with van der Waals surface area (Å²) in [4.78, 5) is 31.3. The minimum absolute atomic E-state index is 0.141. The first-order valence-electron chi connectivity index (χ1n) is 9.90. The Morgan fingerprint density at radius 1 is 1.03 bits per heavy atom. The third-order valence-electron chi connectivity index (χ3n) is 5.41. The lowest BCUT2D eigenvalue weighted by Gasteiger charge is -2.19.